The molecule has 0 amide bonds. The lowest BCUT2D eigenvalue weighted by atomic mass is 9.91. The summed E-state index contributed by atoms with van der Waals surface area (Å²) in [4.78, 5) is 5.85. The highest BCUT2D eigenvalue weighted by Crippen LogP contribution is 2.26. The van der Waals surface area contributed by atoms with E-state index in [1.165, 1.54) is 4.88 Å². The fourth-order valence-corrected chi connectivity index (χ4v) is 3.04. The molecule has 1 N–H and O–H groups in total. The number of thiophene rings is 1. The zero-order valence-electron chi connectivity index (χ0n) is 12.0. The Morgan fingerprint density at radius 2 is 2.26 bits per heavy atom. The van der Waals surface area contributed by atoms with Gasteiger partial charge in [-0.25, -0.2) is 4.98 Å². The molecular formula is C15H23N3S. The molecule has 2 aromatic heterocycles. The van der Waals surface area contributed by atoms with Crippen molar-refractivity contribution in [1.29, 1.82) is 0 Å². The highest BCUT2D eigenvalue weighted by atomic mass is 32.1. The first-order chi connectivity index (χ1) is 9.13. The summed E-state index contributed by atoms with van der Waals surface area (Å²) in [6, 6.07) is 4.33. The SMILES string of the molecule is CCCn1ccnc1CNCC(C)(C)c1cccs1. The van der Waals surface area contributed by atoms with Gasteiger partial charge >= 0.3 is 0 Å². The molecule has 0 aliphatic carbocycles. The summed E-state index contributed by atoms with van der Waals surface area (Å²) in [5.41, 5.74) is 0.177. The van der Waals surface area contributed by atoms with Gasteiger partial charge in [-0.3, -0.25) is 0 Å². The van der Waals surface area contributed by atoms with E-state index in [0.717, 1.165) is 31.9 Å². The van der Waals surface area contributed by atoms with Crippen LogP contribution in [0.15, 0.2) is 29.9 Å². The molecule has 0 fully saturated rings. The van der Waals surface area contributed by atoms with E-state index in [0.29, 0.717) is 0 Å². The molecule has 2 aromatic rings. The third-order valence-corrected chi connectivity index (χ3v) is 4.54. The van der Waals surface area contributed by atoms with E-state index in [4.69, 9.17) is 0 Å². The van der Waals surface area contributed by atoms with Crippen LogP contribution in [-0.4, -0.2) is 16.1 Å². The molecular weight excluding hydrogens is 254 g/mol. The summed E-state index contributed by atoms with van der Waals surface area (Å²) < 4.78 is 2.23. The van der Waals surface area contributed by atoms with Gasteiger partial charge in [0, 0.05) is 35.8 Å². The van der Waals surface area contributed by atoms with Gasteiger partial charge in [0.2, 0.25) is 0 Å². The zero-order chi connectivity index (χ0) is 13.7. The summed E-state index contributed by atoms with van der Waals surface area (Å²) in [5, 5.41) is 5.68. The lowest BCUT2D eigenvalue weighted by Crippen LogP contribution is -2.32. The fourth-order valence-electron chi connectivity index (χ4n) is 2.19. The normalized spacial score (nSPS) is 11.9. The molecule has 2 rings (SSSR count). The summed E-state index contributed by atoms with van der Waals surface area (Å²) in [6.45, 7) is 9.60. The van der Waals surface area contributed by atoms with Crippen LogP contribution in [0.3, 0.4) is 0 Å². The van der Waals surface area contributed by atoms with Crippen molar-refractivity contribution in [2.45, 2.75) is 45.7 Å². The van der Waals surface area contributed by atoms with Gasteiger partial charge in [0.05, 0.1) is 6.54 Å². The molecule has 0 bridgehead atoms. The number of rotatable bonds is 7. The molecule has 0 aromatic carbocycles. The van der Waals surface area contributed by atoms with Crippen LogP contribution in [-0.2, 0) is 18.5 Å². The molecule has 0 saturated carbocycles. The monoisotopic (exact) mass is 277 g/mol. The smallest absolute Gasteiger partial charge is 0.122 e. The van der Waals surface area contributed by atoms with Crippen LogP contribution in [0.5, 0.6) is 0 Å². The van der Waals surface area contributed by atoms with Gasteiger partial charge in [-0.1, -0.05) is 26.8 Å². The average Bonchev–Trinajstić information content (AvgIpc) is 3.01. The summed E-state index contributed by atoms with van der Waals surface area (Å²) in [6.07, 6.45) is 5.09. The Labute approximate surface area is 119 Å². The predicted octanol–water partition coefficient (Wildman–Crippen LogP) is 3.42. The zero-order valence-corrected chi connectivity index (χ0v) is 12.8. The molecule has 4 heteroatoms. The number of aromatic nitrogens is 2. The standard InChI is InChI=1S/C15H23N3S/c1-4-8-18-9-7-17-14(18)11-16-12-15(2,3)13-6-5-10-19-13/h5-7,9-10,16H,4,8,11-12H2,1-3H3. The second kappa shape index (κ2) is 6.35. The van der Waals surface area contributed by atoms with Crippen LogP contribution in [0.1, 0.15) is 37.9 Å². The third-order valence-electron chi connectivity index (χ3n) is 3.30. The molecule has 3 nitrogen and oxygen atoms in total. The van der Waals surface area contributed by atoms with Crippen LogP contribution in [0.25, 0.3) is 0 Å². The number of nitrogens with one attached hydrogen (secondary N) is 1. The minimum Gasteiger partial charge on any atom is -0.334 e. The van der Waals surface area contributed by atoms with Gasteiger partial charge in [-0.2, -0.15) is 0 Å². The topological polar surface area (TPSA) is 29.9 Å². The first kappa shape index (κ1) is 14.3. The maximum atomic E-state index is 4.42. The van der Waals surface area contributed by atoms with Crippen LogP contribution in [0, 0.1) is 0 Å². The minimum absolute atomic E-state index is 0.177. The Balaban J connectivity index is 1.88. The number of aryl methyl sites for hydroxylation is 1. The average molecular weight is 277 g/mol. The Morgan fingerprint density at radius 1 is 1.42 bits per heavy atom. The van der Waals surface area contributed by atoms with Gasteiger partial charge < -0.3 is 9.88 Å². The van der Waals surface area contributed by atoms with Crippen molar-refractivity contribution in [3.63, 3.8) is 0 Å². The molecule has 0 saturated heterocycles. The van der Waals surface area contributed by atoms with Crippen molar-refractivity contribution in [2.75, 3.05) is 6.54 Å². The molecule has 0 spiro atoms. The quantitative estimate of drug-likeness (QED) is 0.840. The van der Waals surface area contributed by atoms with Crippen molar-refractivity contribution in [2.24, 2.45) is 0 Å². The van der Waals surface area contributed by atoms with E-state index >= 15 is 0 Å². The maximum Gasteiger partial charge on any atom is 0.122 e. The Kier molecular flexibility index (Phi) is 4.77. The van der Waals surface area contributed by atoms with Gasteiger partial charge in [0.25, 0.3) is 0 Å². The van der Waals surface area contributed by atoms with E-state index in [9.17, 15) is 0 Å². The second-order valence-corrected chi connectivity index (χ2v) is 6.45. The molecule has 0 atom stereocenters. The first-order valence-corrected chi connectivity index (χ1v) is 7.76. The lowest BCUT2D eigenvalue weighted by Gasteiger charge is -2.23. The van der Waals surface area contributed by atoms with Gasteiger partial charge in [0.15, 0.2) is 0 Å². The Hall–Kier alpha value is -1.13. The third kappa shape index (κ3) is 3.67. The van der Waals surface area contributed by atoms with Crippen molar-refractivity contribution >= 4 is 11.3 Å². The number of imidazole rings is 1. The van der Waals surface area contributed by atoms with Crippen molar-refractivity contribution in [1.82, 2.24) is 14.9 Å². The largest absolute Gasteiger partial charge is 0.334 e. The molecule has 0 aliphatic heterocycles. The Bertz CT molecular complexity index is 485. The van der Waals surface area contributed by atoms with Crippen molar-refractivity contribution < 1.29 is 0 Å². The van der Waals surface area contributed by atoms with E-state index in [2.05, 4.69) is 59.3 Å². The van der Waals surface area contributed by atoms with Crippen LogP contribution in [0.4, 0.5) is 0 Å². The molecule has 0 aliphatic rings. The maximum absolute atomic E-state index is 4.42. The molecule has 0 radical (unpaired) electrons. The molecule has 104 valence electrons. The number of hydrogen-bond acceptors (Lipinski definition) is 3. The minimum atomic E-state index is 0.177. The van der Waals surface area contributed by atoms with Crippen LogP contribution in [0.2, 0.25) is 0 Å². The van der Waals surface area contributed by atoms with Crippen molar-refractivity contribution in [3.05, 3.63) is 40.6 Å². The summed E-state index contributed by atoms with van der Waals surface area (Å²) in [7, 11) is 0. The van der Waals surface area contributed by atoms with Crippen LogP contribution >= 0.6 is 11.3 Å². The number of hydrogen-bond donors (Lipinski definition) is 1. The first-order valence-electron chi connectivity index (χ1n) is 6.88. The van der Waals surface area contributed by atoms with E-state index in [-0.39, 0.29) is 5.41 Å². The molecule has 2 heterocycles. The lowest BCUT2D eigenvalue weighted by molar-refractivity contribution is 0.465. The summed E-state index contributed by atoms with van der Waals surface area (Å²) >= 11 is 1.83. The predicted molar refractivity (Wildman–Crippen MR) is 81.6 cm³/mol. The van der Waals surface area contributed by atoms with E-state index in [1.807, 2.05) is 17.5 Å². The summed E-state index contributed by atoms with van der Waals surface area (Å²) in [5.74, 6) is 1.13. The molecule has 19 heavy (non-hydrogen) atoms. The van der Waals surface area contributed by atoms with Crippen molar-refractivity contribution in [3.8, 4) is 0 Å². The van der Waals surface area contributed by atoms with Gasteiger partial charge in [0.1, 0.15) is 5.82 Å². The van der Waals surface area contributed by atoms with E-state index < -0.39 is 0 Å². The fraction of sp³-hybridized carbons (Fsp3) is 0.533. The van der Waals surface area contributed by atoms with Gasteiger partial charge in [-0.05, 0) is 17.9 Å². The van der Waals surface area contributed by atoms with Gasteiger partial charge in [-0.15, -0.1) is 11.3 Å². The highest BCUT2D eigenvalue weighted by Gasteiger charge is 2.21. The van der Waals surface area contributed by atoms with E-state index in [1.54, 1.807) is 0 Å². The molecule has 0 unspecified atom stereocenters. The highest BCUT2D eigenvalue weighted by molar-refractivity contribution is 7.10. The second-order valence-electron chi connectivity index (χ2n) is 5.50. The Morgan fingerprint density at radius 3 is 2.95 bits per heavy atom. The number of nitrogens with zero attached hydrogens (tertiary/aromatic N) is 2. The van der Waals surface area contributed by atoms with Crippen LogP contribution < -0.4 is 5.32 Å².